The molecule has 1 aliphatic rings. The van der Waals surface area contributed by atoms with Crippen molar-refractivity contribution in [1.29, 1.82) is 0 Å². The minimum Gasteiger partial charge on any atom is -0.391 e. The van der Waals surface area contributed by atoms with Crippen LogP contribution in [0.3, 0.4) is 0 Å². The highest BCUT2D eigenvalue weighted by Crippen LogP contribution is 2.17. The average molecular weight is 186 g/mol. The highest BCUT2D eigenvalue weighted by atomic mass is 16.3. The molecule has 2 atom stereocenters. The molecule has 0 radical (unpaired) electrons. The Kier molecular flexibility index (Phi) is 4.18. The van der Waals surface area contributed by atoms with Crippen LogP contribution < -0.4 is 10.6 Å². The van der Waals surface area contributed by atoms with Gasteiger partial charge in [-0.25, -0.2) is 0 Å². The molecule has 0 heterocycles. The quantitative estimate of drug-likeness (QED) is 0.563. The smallest absolute Gasteiger partial charge is 0.234 e. The lowest BCUT2D eigenvalue weighted by Gasteiger charge is -2.28. The van der Waals surface area contributed by atoms with Crippen molar-refractivity contribution in [2.45, 2.75) is 37.8 Å². The van der Waals surface area contributed by atoms with Crippen molar-refractivity contribution in [3.63, 3.8) is 0 Å². The van der Waals surface area contributed by atoms with Crippen LogP contribution in [0.5, 0.6) is 0 Å². The molecule has 4 heteroatoms. The maximum absolute atomic E-state index is 11.2. The third kappa shape index (κ3) is 3.32. The van der Waals surface area contributed by atoms with Gasteiger partial charge in [0.15, 0.2) is 0 Å². The fourth-order valence-electron chi connectivity index (χ4n) is 1.70. The van der Waals surface area contributed by atoms with Crippen molar-refractivity contribution in [2.75, 3.05) is 13.6 Å². The van der Waals surface area contributed by atoms with E-state index in [0.29, 0.717) is 6.54 Å². The second-order valence-electron chi connectivity index (χ2n) is 3.56. The van der Waals surface area contributed by atoms with E-state index in [-0.39, 0.29) is 18.1 Å². The van der Waals surface area contributed by atoms with Crippen LogP contribution in [0.4, 0.5) is 0 Å². The third-order valence-electron chi connectivity index (χ3n) is 2.41. The van der Waals surface area contributed by atoms with Crippen LogP contribution >= 0.6 is 0 Å². The number of aliphatic hydroxyl groups excluding tert-OH is 1. The van der Waals surface area contributed by atoms with Gasteiger partial charge in [0.05, 0.1) is 18.7 Å². The predicted molar refractivity (Wildman–Crippen MR) is 50.3 cm³/mol. The molecule has 1 rings (SSSR count). The van der Waals surface area contributed by atoms with Crippen LogP contribution in [-0.2, 0) is 4.79 Å². The molecule has 3 N–H and O–H groups in total. The molecule has 0 spiro atoms. The van der Waals surface area contributed by atoms with Crippen molar-refractivity contribution in [3.05, 3.63) is 0 Å². The minimum absolute atomic E-state index is 0.0328. The number of likely N-dealkylation sites (N-methyl/N-ethyl adjacent to an activating group) is 1. The molecule has 1 amide bonds. The van der Waals surface area contributed by atoms with E-state index in [2.05, 4.69) is 10.6 Å². The van der Waals surface area contributed by atoms with E-state index in [4.69, 9.17) is 0 Å². The Hall–Kier alpha value is -0.610. The second kappa shape index (κ2) is 5.19. The summed E-state index contributed by atoms with van der Waals surface area (Å²) in [5.74, 6) is -0.0338. The zero-order valence-corrected chi connectivity index (χ0v) is 8.05. The standard InChI is InChI=1S/C9H18N2O2/c1-10-6-9(13)11-7-4-2-3-5-8(7)12/h7-8,10,12H,2-6H2,1H3,(H,11,13)/t7-,8-/m1/s1. The molecule has 76 valence electrons. The van der Waals surface area contributed by atoms with Gasteiger partial charge >= 0.3 is 0 Å². The van der Waals surface area contributed by atoms with Crippen molar-refractivity contribution in [2.24, 2.45) is 0 Å². The van der Waals surface area contributed by atoms with Crippen LogP contribution in [-0.4, -0.2) is 36.8 Å². The molecule has 0 aromatic heterocycles. The van der Waals surface area contributed by atoms with Crippen LogP contribution in [0.15, 0.2) is 0 Å². The van der Waals surface area contributed by atoms with E-state index in [1.807, 2.05) is 0 Å². The number of carbonyl (C=O) groups is 1. The summed E-state index contributed by atoms with van der Waals surface area (Å²) in [4.78, 5) is 11.2. The Morgan fingerprint density at radius 1 is 1.46 bits per heavy atom. The third-order valence-corrected chi connectivity index (χ3v) is 2.41. The van der Waals surface area contributed by atoms with Gasteiger partial charge in [-0.15, -0.1) is 0 Å². The molecule has 13 heavy (non-hydrogen) atoms. The fourth-order valence-corrected chi connectivity index (χ4v) is 1.70. The van der Waals surface area contributed by atoms with E-state index in [9.17, 15) is 9.90 Å². The van der Waals surface area contributed by atoms with Gasteiger partial charge in [0, 0.05) is 0 Å². The van der Waals surface area contributed by atoms with Gasteiger partial charge < -0.3 is 15.7 Å². The number of aliphatic hydroxyl groups is 1. The first-order chi connectivity index (χ1) is 6.24. The summed E-state index contributed by atoms with van der Waals surface area (Å²) < 4.78 is 0. The van der Waals surface area contributed by atoms with E-state index < -0.39 is 0 Å². The van der Waals surface area contributed by atoms with Crippen LogP contribution in [0.2, 0.25) is 0 Å². The predicted octanol–water partition coefficient (Wildman–Crippen LogP) is -0.374. The van der Waals surface area contributed by atoms with Gasteiger partial charge in [0.25, 0.3) is 0 Å². The SMILES string of the molecule is CNCC(=O)N[C@@H]1CCCC[C@H]1O. The lowest BCUT2D eigenvalue weighted by molar-refractivity contribution is -0.122. The maximum atomic E-state index is 11.2. The molecule has 1 aliphatic carbocycles. The molecule has 0 saturated heterocycles. The number of carbonyl (C=O) groups excluding carboxylic acids is 1. The first-order valence-corrected chi connectivity index (χ1v) is 4.86. The summed E-state index contributed by atoms with van der Waals surface area (Å²) in [5.41, 5.74) is 0. The highest BCUT2D eigenvalue weighted by Gasteiger charge is 2.23. The lowest BCUT2D eigenvalue weighted by Crippen LogP contribution is -2.47. The van der Waals surface area contributed by atoms with Crippen molar-refractivity contribution in [3.8, 4) is 0 Å². The average Bonchev–Trinajstić information content (AvgIpc) is 2.09. The van der Waals surface area contributed by atoms with Crippen LogP contribution in [0, 0.1) is 0 Å². The number of nitrogens with one attached hydrogen (secondary N) is 2. The topological polar surface area (TPSA) is 61.4 Å². The van der Waals surface area contributed by atoms with Gasteiger partial charge in [0.1, 0.15) is 0 Å². The van der Waals surface area contributed by atoms with E-state index in [1.54, 1.807) is 7.05 Å². The molecular weight excluding hydrogens is 168 g/mol. The zero-order valence-electron chi connectivity index (χ0n) is 8.05. The Bertz CT molecular complexity index is 173. The van der Waals surface area contributed by atoms with E-state index in [1.165, 1.54) is 0 Å². The Balaban J connectivity index is 2.29. The monoisotopic (exact) mass is 186 g/mol. The highest BCUT2D eigenvalue weighted by molar-refractivity contribution is 5.78. The van der Waals surface area contributed by atoms with Gasteiger partial charge in [-0.3, -0.25) is 4.79 Å². The van der Waals surface area contributed by atoms with Crippen molar-refractivity contribution < 1.29 is 9.90 Å². The molecular formula is C9H18N2O2. The summed E-state index contributed by atoms with van der Waals surface area (Å²) in [6.07, 6.45) is 3.52. The number of hydrogen-bond donors (Lipinski definition) is 3. The Morgan fingerprint density at radius 2 is 2.15 bits per heavy atom. The molecule has 0 aromatic carbocycles. The molecule has 0 unspecified atom stereocenters. The van der Waals surface area contributed by atoms with Crippen molar-refractivity contribution in [1.82, 2.24) is 10.6 Å². The van der Waals surface area contributed by atoms with Gasteiger partial charge in [-0.1, -0.05) is 12.8 Å². The van der Waals surface area contributed by atoms with Crippen LogP contribution in [0.25, 0.3) is 0 Å². The largest absolute Gasteiger partial charge is 0.391 e. The van der Waals surface area contributed by atoms with E-state index >= 15 is 0 Å². The Labute approximate surface area is 78.7 Å². The molecule has 0 bridgehead atoms. The first kappa shape index (κ1) is 10.5. The molecule has 4 nitrogen and oxygen atoms in total. The molecule has 1 fully saturated rings. The maximum Gasteiger partial charge on any atom is 0.234 e. The summed E-state index contributed by atoms with van der Waals surface area (Å²) in [7, 11) is 1.73. The second-order valence-corrected chi connectivity index (χ2v) is 3.56. The van der Waals surface area contributed by atoms with Gasteiger partial charge in [0.2, 0.25) is 5.91 Å². The molecule has 0 aromatic rings. The summed E-state index contributed by atoms with van der Waals surface area (Å²) in [6, 6.07) is -0.0328. The summed E-state index contributed by atoms with van der Waals surface area (Å²) in [5, 5.41) is 15.1. The number of hydrogen-bond acceptors (Lipinski definition) is 3. The zero-order chi connectivity index (χ0) is 9.68. The molecule has 0 aliphatic heterocycles. The Morgan fingerprint density at radius 3 is 2.77 bits per heavy atom. The van der Waals surface area contributed by atoms with Gasteiger partial charge in [-0.2, -0.15) is 0 Å². The normalized spacial score (nSPS) is 28.5. The fraction of sp³-hybridized carbons (Fsp3) is 0.889. The summed E-state index contributed by atoms with van der Waals surface area (Å²) in [6.45, 7) is 0.323. The summed E-state index contributed by atoms with van der Waals surface area (Å²) >= 11 is 0. The minimum atomic E-state index is -0.352. The number of amides is 1. The van der Waals surface area contributed by atoms with Crippen LogP contribution in [0.1, 0.15) is 25.7 Å². The van der Waals surface area contributed by atoms with E-state index in [0.717, 1.165) is 25.7 Å². The first-order valence-electron chi connectivity index (χ1n) is 4.86. The van der Waals surface area contributed by atoms with Crippen molar-refractivity contribution >= 4 is 5.91 Å². The lowest BCUT2D eigenvalue weighted by atomic mass is 9.92. The number of rotatable bonds is 3. The van der Waals surface area contributed by atoms with Gasteiger partial charge in [-0.05, 0) is 19.9 Å². The molecule has 1 saturated carbocycles.